The lowest BCUT2D eigenvalue weighted by Crippen LogP contribution is -2.34. The third kappa shape index (κ3) is 9.73. The predicted molar refractivity (Wildman–Crippen MR) is 126 cm³/mol. The summed E-state index contributed by atoms with van der Waals surface area (Å²) in [5.74, 6) is 1.94. The zero-order chi connectivity index (χ0) is 21.6. The van der Waals surface area contributed by atoms with Crippen LogP contribution in [0.4, 0.5) is 5.69 Å². The van der Waals surface area contributed by atoms with Crippen molar-refractivity contribution < 1.29 is 4.79 Å². The summed E-state index contributed by atoms with van der Waals surface area (Å²) in [7, 11) is 0. The Morgan fingerprint density at radius 1 is 1.31 bits per heavy atom. The van der Waals surface area contributed by atoms with Crippen LogP contribution in [0.5, 0.6) is 0 Å². The molecule has 5 nitrogen and oxygen atoms in total. The normalized spacial score (nSPS) is 13.5. The maximum atomic E-state index is 10.1. The minimum absolute atomic E-state index is 0.696. The average molecular weight is 401 g/mol. The summed E-state index contributed by atoms with van der Waals surface area (Å²) < 4.78 is 0. The summed E-state index contributed by atoms with van der Waals surface area (Å²) in [5, 5.41) is 10.7. The van der Waals surface area contributed by atoms with Gasteiger partial charge in [-0.25, -0.2) is 0 Å². The first-order valence-electron chi connectivity index (χ1n) is 11.0. The van der Waals surface area contributed by atoms with Gasteiger partial charge in [0, 0.05) is 31.4 Å². The molecule has 0 heterocycles. The van der Waals surface area contributed by atoms with Crippen molar-refractivity contribution in [2.75, 3.05) is 11.9 Å². The summed E-state index contributed by atoms with van der Waals surface area (Å²) >= 11 is 0. The Morgan fingerprint density at radius 2 is 2.03 bits per heavy atom. The molecule has 0 aliphatic heterocycles. The second-order valence-electron chi connectivity index (χ2n) is 8.23. The van der Waals surface area contributed by atoms with Crippen LogP contribution in [0.25, 0.3) is 0 Å². The zero-order valence-electron chi connectivity index (χ0n) is 19.1. The van der Waals surface area contributed by atoms with E-state index in [-0.39, 0.29) is 0 Å². The molecular weight excluding hydrogens is 360 g/mol. The standard InChI is InChI=1S/C15H29N3.C9H11NO/c1-5-6-12-18(14-10-11-14)15(17-16-4)9-7-8-13(2)3;1-7-4-3-5-9(8(7)2)10-6-11/h13-14H,4-12H2,1-3H3;3-6H,1-2H3,(H,10,11)/b17-15-;. The number of benzene rings is 1. The Balaban J connectivity index is 0.000000326. The van der Waals surface area contributed by atoms with Crippen molar-refractivity contribution in [1.29, 1.82) is 0 Å². The molecule has 5 heteroatoms. The van der Waals surface area contributed by atoms with Crippen molar-refractivity contribution in [2.45, 2.75) is 85.6 Å². The van der Waals surface area contributed by atoms with Crippen LogP contribution in [-0.4, -0.2) is 36.4 Å². The van der Waals surface area contributed by atoms with E-state index in [9.17, 15) is 4.79 Å². The molecule has 0 aromatic heterocycles. The van der Waals surface area contributed by atoms with Gasteiger partial charge in [-0.05, 0) is 62.6 Å². The number of anilines is 1. The first-order valence-corrected chi connectivity index (χ1v) is 11.0. The van der Waals surface area contributed by atoms with Gasteiger partial charge in [0.05, 0.1) is 0 Å². The van der Waals surface area contributed by atoms with E-state index in [1.165, 1.54) is 49.9 Å². The van der Waals surface area contributed by atoms with Gasteiger partial charge in [-0.3, -0.25) is 4.79 Å². The third-order valence-electron chi connectivity index (χ3n) is 5.26. The quantitative estimate of drug-likeness (QED) is 0.215. The number of nitrogens with zero attached hydrogens (tertiary/aromatic N) is 3. The highest BCUT2D eigenvalue weighted by atomic mass is 16.1. The van der Waals surface area contributed by atoms with Gasteiger partial charge in [0.2, 0.25) is 6.41 Å². The minimum Gasteiger partial charge on any atom is -0.356 e. The lowest BCUT2D eigenvalue weighted by Gasteiger charge is -2.25. The Labute approximate surface area is 177 Å². The molecule has 0 spiro atoms. The molecular formula is C24H40N4O. The van der Waals surface area contributed by atoms with Crippen LogP contribution in [0.15, 0.2) is 28.4 Å². The van der Waals surface area contributed by atoms with E-state index < -0.39 is 0 Å². The number of aryl methyl sites for hydroxylation is 1. The van der Waals surface area contributed by atoms with Gasteiger partial charge >= 0.3 is 0 Å². The van der Waals surface area contributed by atoms with E-state index in [4.69, 9.17) is 0 Å². The molecule has 1 N–H and O–H groups in total. The Bertz CT molecular complexity index is 650. The van der Waals surface area contributed by atoms with Gasteiger partial charge < -0.3 is 10.2 Å². The lowest BCUT2D eigenvalue weighted by atomic mass is 10.1. The average Bonchev–Trinajstić information content (AvgIpc) is 3.51. The molecule has 162 valence electrons. The number of nitrogens with one attached hydrogen (secondary N) is 1. The van der Waals surface area contributed by atoms with E-state index >= 15 is 0 Å². The molecule has 2 rings (SSSR count). The molecule has 29 heavy (non-hydrogen) atoms. The van der Waals surface area contributed by atoms with Crippen molar-refractivity contribution >= 4 is 24.7 Å². The third-order valence-corrected chi connectivity index (χ3v) is 5.26. The van der Waals surface area contributed by atoms with Gasteiger partial charge in [0.25, 0.3) is 0 Å². The number of amidine groups is 1. The van der Waals surface area contributed by atoms with Gasteiger partial charge in [-0.15, -0.1) is 5.10 Å². The van der Waals surface area contributed by atoms with Crippen molar-refractivity contribution in [2.24, 2.45) is 16.1 Å². The molecule has 0 unspecified atom stereocenters. The Hall–Kier alpha value is -2.17. The molecule has 1 amide bonds. The fourth-order valence-corrected chi connectivity index (χ4v) is 3.21. The van der Waals surface area contributed by atoms with Crippen molar-refractivity contribution in [1.82, 2.24) is 4.90 Å². The van der Waals surface area contributed by atoms with Crippen molar-refractivity contribution in [3.8, 4) is 0 Å². The number of hydrogen-bond donors (Lipinski definition) is 1. The van der Waals surface area contributed by atoms with Gasteiger partial charge in [-0.1, -0.05) is 45.7 Å². The highest BCUT2D eigenvalue weighted by Crippen LogP contribution is 2.28. The molecule has 1 saturated carbocycles. The van der Waals surface area contributed by atoms with Crippen LogP contribution in [-0.2, 0) is 4.79 Å². The number of amides is 1. The molecule has 0 saturated heterocycles. The van der Waals surface area contributed by atoms with Crippen LogP contribution in [0.2, 0.25) is 0 Å². The molecule has 1 aromatic carbocycles. The highest BCUT2D eigenvalue weighted by Gasteiger charge is 2.30. The number of carbonyl (C=O) groups is 1. The van der Waals surface area contributed by atoms with Gasteiger partial charge in [-0.2, -0.15) is 5.10 Å². The minimum atomic E-state index is 0.696. The molecule has 0 atom stereocenters. The van der Waals surface area contributed by atoms with Crippen molar-refractivity contribution in [3.05, 3.63) is 29.3 Å². The Morgan fingerprint density at radius 3 is 2.59 bits per heavy atom. The fraction of sp³-hybridized carbons (Fsp3) is 0.625. The first kappa shape index (κ1) is 24.9. The number of unbranched alkanes of at least 4 members (excludes halogenated alkanes) is 1. The van der Waals surface area contributed by atoms with E-state index in [1.807, 2.05) is 32.0 Å². The maximum Gasteiger partial charge on any atom is 0.211 e. The van der Waals surface area contributed by atoms with E-state index in [0.29, 0.717) is 6.41 Å². The SMILES string of the molecule is C=N/N=C(/CCCC(C)C)N(CCCC)C1CC1.Cc1cccc(NC=O)c1C. The first-order chi connectivity index (χ1) is 13.9. The number of carbonyl (C=O) groups excluding carboxylic acids is 1. The van der Waals surface area contributed by atoms with Gasteiger partial charge in [0.15, 0.2) is 0 Å². The summed E-state index contributed by atoms with van der Waals surface area (Å²) in [6.45, 7) is 15.5. The second kappa shape index (κ2) is 13.9. The molecule has 1 aromatic rings. The zero-order valence-corrected chi connectivity index (χ0v) is 19.1. The summed E-state index contributed by atoms with van der Waals surface area (Å²) in [4.78, 5) is 12.6. The molecule has 1 aliphatic carbocycles. The van der Waals surface area contributed by atoms with Crippen LogP contribution in [0.3, 0.4) is 0 Å². The molecule has 1 fully saturated rings. The van der Waals surface area contributed by atoms with E-state index in [2.05, 4.69) is 47.9 Å². The summed E-state index contributed by atoms with van der Waals surface area (Å²) in [5.41, 5.74) is 3.21. The smallest absolute Gasteiger partial charge is 0.211 e. The fourth-order valence-electron chi connectivity index (χ4n) is 3.21. The summed E-state index contributed by atoms with van der Waals surface area (Å²) in [6, 6.07) is 6.56. The number of rotatable bonds is 11. The Kier molecular flexibility index (Phi) is 11.9. The van der Waals surface area contributed by atoms with E-state index in [1.54, 1.807) is 0 Å². The predicted octanol–water partition coefficient (Wildman–Crippen LogP) is 5.96. The highest BCUT2D eigenvalue weighted by molar-refractivity contribution is 5.83. The maximum absolute atomic E-state index is 10.1. The van der Waals surface area contributed by atoms with Crippen LogP contribution < -0.4 is 5.32 Å². The van der Waals surface area contributed by atoms with Crippen molar-refractivity contribution in [3.63, 3.8) is 0 Å². The number of hydrogen-bond acceptors (Lipinski definition) is 3. The molecule has 0 radical (unpaired) electrons. The van der Waals surface area contributed by atoms with Crippen LogP contribution in [0, 0.1) is 19.8 Å². The van der Waals surface area contributed by atoms with Gasteiger partial charge in [0.1, 0.15) is 5.84 Å². The topological polar surface area (TPSA) is 57.1 Å². The lowest BCUT2D eigenvalue weighted by molar-refractivity contribution is -0.105. The molecule has 0 bridgehead atoms. The molecule has 1 aliphatic rings. The second-order valence-corrected chi connectivity index (χ2v) is 8.23. The van der Waals surface area contributed by atoms with E-state index in [0.717, 1.165) is 36.2 Å². The largest absolute Gasteiger partial charge is 0.356 e. The monoisotopic (exact) mass is 400 g/mol. The summed E-state index contributed by atoms with van der Waals surface area (Å²) in [6.07, 6.45) is 9.36. The van der Waals surface area contributed by atoms with Crippen LogP contribution >= 0.6 is 0 Å². The van der Waals surface area contributed by atoms with Crippen LogP contribution in [0.1, 0.15) is 76.8 Å².